The number of pyridine rings is 1. The van der Waals surface area contributed by atoms with Gasteiger partial charge in [-0.2, -0.15) is 0 Å². The van der Waals surface area contributed by atoms with E-state index in [1.165, 1.54) is 11.6 Å². The molecule has 2 saturated heterocycles. The minimum Gasteiger partial charge on any atom is -0.373 e. The van der Waals surface area contributed by atoms with Crippen molar-refractivity contribution in [3.8, 4) is 0 Å². The van der Waals surface area contributed by atoms with Gasteiger partial charge in [0.25, 0.3) is 0 Å². The Balaban J connectivity index is 0.00000272. The molecule has 0 amide bonds. The molecule has 1 aromatic heterocycles. The lowest BCUT2D eigenvalue weighted by molar-refractivity contribution is -0.0265. The van der Waals surface area contributed by atoms with Crippen LogP contribution in [0.15, 0.2) is 53.7 Å². The first-order chi connectivity index (χ1) is 14.7. The highest BCUT2D eigenvalue weighted by Crippen LogP contribution is 2.33. The van der Waals surface area contributed by atoms with Crippen LogP contribution in [0.25, 0.3) is 0 Å². The van der Waals surface area contributed by atoms with Gasteiger partial charge in [-0.05, 0) is 37.0 Å². The number of hydrogen-bond acceptors (Lipinski definition) is 4. The van der Waals surface area contributed by atoms with E-state index >= 15 is 0 Å². The Kier molecular flexibility index (Phi) is 8.89. The molecule has 2 fully saturated rings. The SMILES string of the molecule is CN=C(NCC1CCCOC1c1ccccc1)NC1CCN(c2ncccc2F)C1.I. The lowest BCUT2D eigenvalue weighted by Gasteiger charge is -2.33. The normalized spacial score (nSPS) is 23.9. The monoisotopic (exact) mass is 539 g/mol. The summed E-state index contributed by atoms with van der Waals surface area (Å²) >= 11 is 0. The van der Waals surface area contributed by atoms with Crippen LogP contribution in [0.3, 0.4) is 0 Å². The van der Waals surface area contributed by atoms with E-state index in [0.717, 1.165) is 44.9 Å². The van der Waals surface area contributed by atoms with Gasteiger partial charge in [-0.1, -0.05) is 30.3 Å². The van der Waals surface area contributed by atoms with Gasteiger partial charge in [0.05, 0.1) is 6.10 Å². The number of anilines is 1. The van der Waals surface area contributed by atoms with E-state index in [2.05, 4.69) is 44.9 Å². The topological polar surface area (TPSA) is 61.8 Å². The van der Waals surface area contributed by atoms with E-state index in [1.807, 2.05) is 11.0 Å². The van der Waals surface area contributed by atoms with Crippen LogP contribution in [-0.4, -0.2) is 50.3 Å². The Bertz CT molecular complexity index is 853. The number of nitrogens with zero attached hydrogens (tertiary/aromatic N) is 3. The maximum Gasteiger partial charge on any atom is 0.191 e. The van der Waals surface area contributed by atoms with E-state index in [1.54, 1.807) is 19.3 Å². The molecule has 2 aliphatic heterocycles. The molecule has 0 bridgehead atoms. The average Bonchev–Trinajstić information content (AvgIpc) is 3.26. The third-order valence-corrected chi connectivity index (χ3v) is 5.90. The van der Waals surface area contributed by atoms with Crippen molar-refractivity contribution >= 4 is 35.8 Å². The summed E-state index contributed by atoms with van der Waals surface area (Å²) in [6, 6.07) is 13.7. The molecular formula is C23H31FIN5O. The number of nitrogens with one attached hydrogen (secondary N) is 2. The van der Waals surface area contributed by atoms with Crippen LogP contribution < -0.4 is 15.5 Å². The van der Waals surface area contributed by atoms with Crippen molar-refractivity contribution in [2.45, 2.75) is 31.4 Å². The molecule has 2 aliphatic rings. The molecular weight excluding hydrogens is 508 g/mol. The molecule has 3 atom stereocenters. The molecule has 0 spiro atoms. The molecule has 31 heavy (non-hydrogen) atoms. The maximum atomic E-state index is 14.0. The largest absolute Gasteiger partial charge is 0.373 e. The van der Waals surface area contributed by atoms with Gasteiger partial charge < -0.3 is 20.3 Å². The summed E-state index contributed by atoms with van der Waals surface area (Å²) in [6.45, 7) is 3.08. The fourth-order valence-electron chi connectivity index (χ4n) is 4.36. The molecule has 2 N–H and O–H groups in total. The van der Waals surface area contributed by atoms with Crippen LogP contribution in [0.1, 0.15) is 30.9 Å². The summed E-state index contributed by atoms with van der Waals surface area (Å²) in [5.74, 6) is 1.32. The van der Waals surface area contributed by atoms with Gasteiger partial charge in [0, 0.05) is 51.4 Å². The molecule has 4 rings (SSSR count). The second-order valence-electron chi connectivity index (χ2n) is 7.94. The Hall–Kier alpha value is -1.94. The number of rotatable bonds is 5. The number of benzene rings is 1. The summed E-state index contributed by atoms with van der Waals surface area (Å²) in [4.78, 5) is 10.6. The first-order valence-corrected chi connectivity index (χ1v) is 10.7. The summed E-state index contributed by atoms with van der Waals surface area (Å²) in [7, 11) is 1.78. The van der Waals surface area contributed by atoms with Crippen molar-refractivity contribution in [3.05, 3.63) is 60.0 Å². The van der Waals surface area contributed by atoms with Gasteiger partial charge in [0.2, 0.25) is 0 Å². The minimum atomic E-state index is -0.273. The predicted octanol–water partition coefficient (Wildman–Crippen LogP) is 3.75. The quantitative estimate of drug-likeness (QED) is 0.345. The van der Waals surface area contributed by atoms with Crippen molar-refractivity contribution in [3.63, 3.8) is 0 Å². The second-order valence-corrected chi connectivity index (χ2v) is 7.94. The molecule has 168 valence electrons. The highest BCUT2D eigenvalue weighted by molar-refractivity contribution is 14.0. The van der Waals surface area contributed by atoms with Gasteiger partial charge in [-0.25, -0.2) is 9.37 Å². The van der Waals surface area contributed by atoms with Crippen LogP contribution in [0, 0.1) is 11.7 Å². The molecule has 6 nitrogen and oxygen atoms in total. The molecule has 2 aromatic rings. The van der Waals surface area contributed by atoms with Crippen LogP contribution in [0.2, 0.25) is 0 Å². The minimum absolute atomic E-state index is 0. The molecule has 1 aromatic carbocycles. The fourth-order valence-corrected chi connectivity index (χ4v) is 4.36. The summed E-state index contributed by atoms with van der Waals surface area (Å²) in [5, 5.41) is 6.97. The Morgan fingerprint density at radius 1 is 1.23 bits per heavy atom. The Morgan fingerprint density at radius 3 is 2.84 bits per heavy atom. The number of ether oxygens (including phenoxy) is 1. The third-order valence-electron chi connectivity index (χ3n) is 5.90. The van der Waals surface area contributed by atoms with E-state index in [4.69, 9.17) is 4.74 Å². The smallest absolute Gasteiger partial charge is 0.191 e. The number of halogens is 2. The molecule has 0 saturated carbocycles. The molecule has 3 heterocycles. The van der Waals surface area contributed by atoms with Gasteiger partial charge in [0.1, 0.15) is 0 Å². The maximum absolute atomic E-state index is 14.0. The first kappa shape index (κ1) is 23.7. The highest BCUT2D eigenvalue weighted by Gasteiger charge is 2.29. The molecule has 0 aliphatic carbocycles. The van der Waals surface area contributed by atoms with E-state index in [-0.39, 0.29) is 41.9 Å². The van der Waals surface area contributed by atoms with Gasteiger partial charge >= 0.3 is 0 Å². The standard InChI is InChI=1S/C23H30FN5O.HI/c1-25-23(28-19-11-13-29(16-19)22-20(24)10-5-12-26-22)27-15-18-9-6-14-30-21(18)17-7-3-2-4-8-17;/h2-5,7-8,10,12,18-19,21H,6,9,11,13-16H2,1H3,(H2,25,27,28);1H. The number of aromatic nitrogens is 1. The van der Waals surface area contributed by atoms with Crippen LogP contribution in [0.4, 0.5) is 10.2 Å². The lowest BCUT2D eigenvalue weighted by atomic mass is 9.89. The zero-order chi connectivity index (χ0) is 20.8. The van der Waals surface area contributed by atoms with Crippen molar-refractivity contribution in [1.82, 2.24) is 15.6 Å². The summed E-state index contributed by atoms with van der Waals surface area (Å²) < 4.78 is 20.1. The number of guanidine groups is 1. The lowest BCUT2D eigenvalue weighted by Crippen LogP contribution is -2.46. The van der Waals surface area contributed by atoms with Gasteiger partial charge in [-0.3, -0.25) is 4.99 Å². The van der Waals surface area contributed by atoms with Gasteiger partial charge in [-0.15, -0.1) is 24.0 Å². The van der Waals surface area contributed by atoms with E-state index in [0.29, 0.717) is 18.3 Å². The summed E-state index contributed by atoms with van der Waals surface area (Å²) in [5.41, 5.74) is 1.23. The zero-order valence-corrected chi connectivity index (χ0v) is 20.2. The number of aliphatic imine (C=N–C) groups is 1. The third kappa shape index (κ3) is 6.06. The van der Waals surface area contributed by atoms with Crippen molar-refractivity contribution in [2.24, 2.45) is 10.9 Å². The van der Waals surface area contributed by atoms with Crippen molar-refractivity contribution in [1.29, 1.82) is 0 Å². The van der Waals surface area contributed by atoms with Crippen LogP contribution >= 0.6 is 24.0 Å². The van der Waals surface area contributed by atoms with E-state index < -0.39 is 0 Å². The average molecular weight is 539 g/mol. The molecule has 0 radical (unpaired) electrons. The van der Waals surface area contributed by atoms with Crippen molar-refractivity contribution < 1.29 is 9.13 Å². The van der Waals surface area contributed by atoms with Gasteiger partial charge in [0.15, 0.2) is 17.6 Å². The predicted molar refractivity (Wildman–Crippen MR) is 133 cm³/mol. The Labute approximate surface area is 200 Å². The summed E-state index contributed by atoms with van der Waals surface area (Å²) in [6.07, 6.45) is 4.86. The second kappa shape index (κ2) is 11.6. The van der Waals surface area contributed by atoms with Crippen LogP contribution in [-0.2, 0) is 4.74 Å². The highest BCUT2D eigenvalue weighted by atomic mass is 127. The molecule has 3 unspecified atom stereocenters. The number of hydrogen-bond donors (Lipinski definition) is 2. The van der Waals surface area contributed by atoms with E-state index in [9.17, 15) is 4.39 Å². The Morgan fingerprint density at radius 2 is 2.06 bits per heavy atom. The fraction of sp³-hybridized carbons (Fsp3) is 0.478. The van der Waals surface area contributed by atoms with Crippen molar-refractivity contribution in [2.75, 3.05) is 38.2 Å². The zero-order valence-electron chi connectivity index (χ0n) is 17.8. The molecule has 8 heteroatoms. The first-order valence-electron chi connectivity index (χ1n) is 10.7. The van der Waals surface area contributed by atoms with Crippen LogP contribution in [0.5, 0.6) is 0 Å².